The summed E-state index contributed by atoms with van der Waals surface area (Å²) in [6.07, 6.45) is 13.7. The summed E-state index contributed by atoms with van der Waals surface area (Å²) >= 11 is 0. The lowest BCUT2D eigenvalue weighted by atomic mass is 9.53. The SMILES string of the molecule is COc1cccc(Cn2cc(CC(=O)NC34CC5CC(CC(C5)C3)C4)c3cc(OCc4ccncc4)ccc32)c1. The molecule has 206 valence electrons. The van der Waals surface area contributed by atoms with Gasteiger partial charge in [-0.15, -0.1) is 0 Å². The molecular formula is C34H37N3O3. The Kier molecular flexibility index (Phi) is 6.49. The summed E-state index contributed by atoms with van der Waals surface area (Å²) in [5.74, 6) is 4.19. The van der Waals surface area contributed by atoms with E-state index in [9.17, 15) is 4.79 Å². The second-order valence-corrected chi connectivity index (χ2v) is 12.4. The number of hydrogen-bond acceptors (Lipinski definition) is 4. The van der Waals surface area contributed by atoms with E-state index in [2.05, 4.69) is 45.3 Å². The van der Waals surface area contributed by atoms with Crippen LogP contribution in [-0.4, -0.2) is 28.1 Å². The van der Waals surface area contributed by atoms with Gasteiger partial charge in [0.1, 0.15) is 18.1 Å². The molecule has 4 fully saturated rings. The van der Waals surface area contributed by atoms with E-state index >= 15 is 0 Å². The third kappa shape index (κ3) is 5.07. The average molecular weight is 536 g/mol. The molecule has 1 amide bonds. The first-order chi connectivity index (χ1) is 19.5. The fourth-order valence-corrected chi connectivity index (χ4v) is 8.10. The molecule has 0 atom stereocenters. The summed E-state index contributed by atoms with van der Waals surface area (Å²) in [4.78, 5) is 17.7. The van der Waals surface area contributed by atoms with Crippen LogP contribution in [0.2, 0.25) is 0 Å². The Balaban J connectivity index is 1.16. The van der Waals surface area contributed by atoms with Crippen LogP contribution < -0.4 is 14.8 Å². The predicted octanol–water partition coefficient (Wildman–Crippen LogP) is 6.30. The van der Waals surface area contributed by atoms with E-state index in [-0.39, 0.29) is 11.4 Å². The van der Waals surface area contributed by atoms with Gasteiger partial charge in [0.15, 0.2) is 0 Å². The fraction of sp³-hybridized carbons (Fsp3) is 0.412. The molecule has 6 nitrogen and oxygen atoms in total. The number of carbonyl (C=O) groups excluding carboxylic acids is 1. The minimum atomic E-state index is 0.0175. The first kappa shape index (κ1) is 25.2. The number of fused-ring (bicyclic) bond motifs is 1. The van der Waals surface area contributed by atoms with Gasteiger partial charge in [-0.3, -0.25) is 9.78 Å². The molecule has 0 unspecified atom stereocenters. The maximum absolute atomic E-state index is 13.6. The van der Waals surface area contributed by atoms with E-state index < -0.39 is 0 Å². The number of nitrogens with one attached hydrogen (secondary N) is 1. The zero-order chi connectivity index (χ0) is 27.1. The van der Waals surface area contributed by atoms with Gasteiger partial charge in [-0.05, 0) is 115 Å². The predicted molar refractivity (Wildman–Crippen MR) is 155 cm³/mol. The number of rotatable bonds is 9. The van der Waals surface area contributed by atoms with Crippen molar-refractivity contribution in [3.63, 3.8) is 0 Å². The Bertz CT molecular complexity index is 1490. The first-order valence-corrected chi connectivity index (χ1v) is 14.6. The topological polar surface area (TPSA) is 65.4 Å². The van der Waals surface area contributed by atoms with Crippen molar-refractivity contribution in [1.29, 1.82) is 0 Å². The summed E-state index contributed by atoms with van der Waals surface area (Å²) in [6, 6.07) is 18.3. The molecule has 0 aliphatic heterocycles. The van der Waals surface area contributed by atoms with Gasteiger partial charge in [0.25, 0.3) is 0 Å². The van der Waals surface area contributed by atoms with Crippen LogP contribution in [0.4, 0.5) is 0 Å². The molecule has 4 aromatic rings. The van der Waals surface area contributed by atoms with Crippen molar-refractivity contribution in [3.8, 4) is 11.5 Å². The van der Waals surface area contributed by atoms with E-state index in [4.69, 9.17) is 9.47 Å². The Morgan fingerprint density at radius 1 is 0.950 bits per heavy atom. The maximum atomic E-state index is 13.6. The highest BCUT2D eigenvalue weighted by molar-refractivity contribution is 5.90. The molecule has 4 aliphatic carbocycles. The Hall–Kier alpha value is -3.80. The van der Waals surface area contributed by atoms with Gasteiger partial charge in [-0.25, -0.2) is 0 Å². The van der Waals surface area contributed by atoms with Gasteiger partial charge < -0.3 is 19.4 Å². The van der Waals surface area contributed by atoms with E-state index in [0.717, 1.165) is 76.1 Å². The van der Waals surface area contributed by atoms with Gasteiger partial charge in [-0.2, -0.15) is 0 Å². The van der Waals surface area contributed by atoms with Crippen molar-refractivity contribution in [2.75, 3.05) is 7.11 Å². The standard InChI is InChI=1S/C34H37N3O3/c1-39-29-4-2-3-24(14-29)20-37-21-28(15-33(38)36-34-17-25-11-26(18-34)13-27(12-25)19-34)31-16-30(5-6-32(31)37)40-22-23-7-9-35-10-8-23/h2-10,14,16,21,25-27H,11-13,15,17-20,22H2,1H3,(H,36,38). The molecule has 0 saturated heterocycles. The summed E-state index contributed by atoms with van der Waals surface area (Å²) in [7, 11) is 1.69. The minimum Gasteiger partial charge on any atom is -0.497 e. The van der Waals surface area contributed by atoms with Gasteiger partial charge in [-0.1, -0.05) is 12.1 Å². The average Bonchev–Trinajstić information content (AvgIpc) is 3.27. The third-order valence-electron chi connectivity index (χ3n) is 9.37. The second kappa shape index (κ2) is 10.3. The van der Waals surface area contributed by atoms with Crippen molar-refractivity contribution in [3.05, 3.63) is 89.9 Å². The molecule has 2 aromatic carbocycles. The molecule has 0 spiro atoms. The van der Waals surface area contributed by atoms with Crippen LogP contribution in [0.1, 0.15) is 55.2 Å². The van der Waals surface area contributed by atoms with Gasteiger partial charge in [0, 0.05) is 41.6 Å². The van der Waals surface area contributed by atoms with Crippen LogP contribution in [-0.2, 0) is 24.4 Å². The van der Waals surface area contributed by atoms with Crippen molar-refractivity contribution >= 4 is 16.8 Å². The lowest BCUT2D eigenvalue weighted by Crippen LogP contribution is -2.60. The first-order valence-electron chi connectivity index (χ1n) is 14.6. The largest absolute Gasteiger partial charge is 0.497 e. The van der Waals surface area contributed by atoms with Crippen LogP contribution in [0.5, 0.6) is 11.5 Å². The zero-order valence-corrected chi connectivity index (χ0v) is 23.1. The highest BCUT2D eigenvalue weighted by Crippen LogP contribution is 2.55. The summed E-state index contributed by atoms with van der Waals surface area (Å²) < 4.78 is 13.8. The van der Waals surface area contributed by atoms with E-state index in [0.29, 0.717) is 19.6 Å². The van der Waals surface area contributed by atoms with Crippen molar-refractivity contribution < 1.29 is 14.3 Å². The Morgan fingerprint density at radius 3 is 2.42 bits per heavy atom. The van der Waals surface area contributed by atoms with Gasteiger partial charge in [0.05, 0.1) is 13.5 Å². The summed E-state index contributed by atoms with van der Waals surface area (Å²) in [5, 5.41) is 4.64. The molecular weight excluding hydrogens is 498 g/mol. The molecule has 6 heteroatoms. The molecule has 1 N–H and O–H groups in total. The molecule has 0 radical (unpaired) electrons. The second-order valence-electron chi connectivity index (χ2n) is 12.4. The molecule has 8 rings (SSSR count). The molecule has 4 bridgehead atoms. The van der Waals surface area contributed by atoms with Crippen LogP contribution in [0.25, 0.3) is 10.9 Å². The number of pyridine rings is 1. The highest BCUT2D eigenvalue weighted by Gasteiger charge is 2.51. The Labute approximate surface area is 235 Å². The smallest absolute Gasteiger partial charge is 0.224 e. The van der Waals surface area contributed by atoms with Gasteiger partial charge >= 0.3 is 0 Å². The molecule has 2 heterocycles. The number of hydrogen-bond donors (Lipinski definition) is 1. The molecule has 2 aromatic heterocycles. The highest BCUT2D eigenvalue weighted by atomic mass is 16.5. The number of benzene rings is 2. The van der Waals surface area contributed by atoms with Crippen LogP contribution >= 0.6 is 0 Å². The molecule has 40 heavy (non-hydrogen) atoms. The normalized spacial score (nSPS) is 24.8. The fourth-order valence-electron chi connectivity index (χ4n) is 8.10. The summed E-state index contributed by atoms with van der Waals surface area (Å²) in [5.41, 5.74) is 4.37. The summed E-state index contributed by atoms with van der Waals surface area (Å²) in [6.45, 7) is 1.17. The Morgan fingerprint density at radius 2 is 1.70 bits per heavy atom. The number of amides is 1. The van der Waals surface area contributed by atoms with Crippen LogP contribution in [0.15, 0.2) is 73.2 Å². The van der Waals surface area contributed by atoms with Crippen molar-refractivity contribution in [2.45, 2.75) is 63.6 Å². The minimum absolute atomic E-state index is 0.0175. The lowest BCUT2D eigenvalue weighted by Gasteiger charge is -2.56. The monoisotopic (exact) mass is 535 g/mol. The van der Waals surface area contributed by atoms with E-state index in [1.165, 1.54) is 19.3 Å². The lowest BCUT2D eigenvalue weighted by molar-refractivity contribution is -0.126. The number of ether oxygens (including phenoxy) is 2. The van der Waals surface area contributed by atoms with Crippen LogP contribution in [0, 0.1) is 17.8 Å². The van der Waals surface area contributed by atoms with Crippen molar-refractivity contribution in [2.24, 2.45) is 17.8 Å². The number of methoxy groups -OCH3 is 1. The quantitative estimate of drug-likeness (QED) is 0.273. The van der Waals surface area contributed by atoms with E-state index in [1.807, 2.05) is 30.3 Å². The number of aromatic nitrogens is 2. The number of nitrogens with zero attached hydrogens (tertiary/aromatic N) is 2. The van der Waals surface area contributed by atoms with Crippen molar-refractivity contribution in [1.82, 2.24) is 14.9 Å². The maximum Gasteiger partial charge on any atom is 0.224 e. The van der Waals surface area contributed by atoms with Gasteiger partial charge in [0.2, 0.25) is 5.91 Å². The third-order valence-corrected chi connectivity index (χ3v) is 9.37. The zero-order valence-electron chi connectivity index (χ0n) is 23.1. The van der Waals surface area contributed by atoms with E-state index in [1.54, 1.807) is 19.5 Å². The van der Waals surface area contributed by atoms with Crippen LogP contribution in [0.3, 0.4) is 0 Å². The molecule has 4 saturated carbocycles. The number of carbonyl (C=O) groups is 1. The molecule has 4 aliphatic rings.